The Balaban J connectivity index is 1.99. The highest BCUT2D eigenvalue weighted by Crippen LogP contribution is 2.25. The molecular formula is C17H17N3. The van der Waals surface area contributed by atoms with Crippen LogP contribution >= 0.6 is 0 Å². The van der Waals surface area contributed by atoms with Gasteiger partial charge in [-0.15, -0.1) is 0 Å². The van der Waals surface area contributed by atoms with E-state index in [9.17, 15) is 0 Å². The SMILES string of the molecule is CNC(Cc1ccncc1)c1ccnc2ccccc12. The molecule has 0 aliphatic heterocycles. The maximum atomic E-state index is 4.43. The second kappa shape index (κ2) is 5.80. The maximum Gasteiger partial charge on any atom is 0.0705 e. The lowest BCUT2D eigenvalue weighted by Crippen LogP contribution is -2.19. The third kappa shape index (κ3) is 2.53. The van der Waals surface area contributed by atoms with E-state index in [0.717, 1.165) is 11.9 Å². The highest BCUT2D eigenvalue weighted by Gasteiger charge is 2.13. The van der Waals surface area contributed by atoms with Gasteiger partial charge in [-0.1, -0.05) is 18.2 Å². The summed E-state index contributed by atoms with van der Waals surface area (Å²) in [6.07, 6.45) is 6.50. The van der Waals surface area contributed by atoms with Gasteiger partial charge in [-0.3, -0.25) is 9.97 Å². The van der Waals surface area contributed by atoms with Crippen molar-refractivity contribution in [3.05, 3.63) is 72.2 Å². The summed E-state index contributed by atoms with van der Waals surface area (Å²) in [7, 11) is 2.00. The van der Waals surface area contributed by atoms with Crippen LogP contribution in [0.25, 0.3) is 10.9 Å². The standard InChI is InChI=1S/C17H17N3/c1-18-17(12-13-6-9-19-10-7-13)15-8-11-20-16-5-3-2-4-14(15)16/h2-11,17-18H,12H2,1H3. The Bertz CT molecular complexity index is 689. The number of rotatable bonds is 4. The highest BCUT2D eigenvalue weighted by atomic mass is 14.9. The van der Waals surface area contributed by atoms with E-state index in [1.807, 2.05) is 31.7 Å². The van der Waals surface area contributed by atoms with E-state index >= 15 is 0 Å². The van der Waals surface area contributed by atoms with Crippen LogP contribution in [0.4, 0.5) is 0 Å². The van der Waals surface area contributed by atoms with Gasteiger partial charge in [-0.25, -0.2) is 0 Å². The summed E-state index contributed by atoms with van der Waals surface area (Å²) >= 11 is 0. The number of pyridine rings is 2. The van der Waals surface area contributed by atoms with E-state index in [2.05, 4.69) is 51.7 Å². The summed E-state index contributed by atoms with van der Waals surface area (Å²) in [5.41, 5.74) is 3.61. The molecule has 3 aromatic rings. The second-order valence-corrected chi connectivity index (χ2v) is 4.82. The highest BCUT2D eigenvalue weighted by molar-refractivity contribution is 5.82. The normalized spacial score (nSPS) is 12.4. The van der Waals surface area contributed by atoms with E-state index in [1.165, 1.54) is 16.5 Å². The van der Waals surface area contributed by atoms with Gasteiger partial charge < -0.3 is 5.32 Å². The number of benzene rings is 1. The number of hydrogen-bond donors (Lipinski definition) is 1. The summed E-state index contributed by atoms with van der Waals surface area (Å²) in [5.74, 6) is 0. The van der Waals surface area contributed by atoms with E-state index < -0.39 is 0 Å². The van der Waals surface area contributed by atoms with Crippen LogP contribution < -0.4 is 5.32 Å². The average Bonchev–Trinajstić information content (AvgIpc) is 2.53. The fraction of sp³-hybridized carbons (Fsp3) is 0.176. The number of nitrogens with one attached hydrogen (secondary N) is 1. The number of nitrogens with zero attached hydrogens (tertiary/aromatic N) is 2. The van der Waals surface area contributed by atoms with Crippen molar-refractivity contribution in [2.24, 2.45) is 0 Å². The first kappa shape index (κ1) is 12.8. The number of likely N-dealkylation sites (N-methyl/N-ethyl adjacent to an activating group) is 1. The van der Waals surface area contributed by atoms with Gasteiger partial charge in [0.15, 0.2) is 0 Å². The molecule has 1 N–H and O–H groups in total. The van der Waals surface area contributed by atoms with Gasteiger partial charge in [-0.05, 0) is 48.9 Å². The van der Waals surface area contributed by atoms with Crippen molar-refractivity contribution >= 4 is 10.9 Å². The lowest BCUT2D eigenvalue weighted by molar-refractivity contribution is 0.595. The molecule has 0 fully saturated rings. The predicted molar refractivity (Wildman–Crippen MR) is 81.5 cm³/mol. The van der Waals surface area contributed by atoms with Crippen LogP contribution in [0.2, 0.25) is 0 Å². The summed E-state index contributed by atoms with van der Waals surface area (Å²) in [4.78, 5) is 8.50. The van der Waals surface area contributed by atoms with E-state index in [4.69, 9.17) is 0 Å². The quantitative estimate of drug-likeness (QED) is 0.786. The third-order valence-corrected chi connectivity index (χ3v) is 3.60. The van der Waals surface area contributed by atoms with Gasteiger partial charge in [0.1, 0.15) is 0 Å². The molecule has 0 saturated carbocycles. The molecule has 100 valence electrons. The first-order valence-corrected chi connectivity index (χ1v) is 6.78. The molecule has 0 bridgehead atoms. The van der Waals surface area contributed by atoms with Crippen LogP contribution in [-0.2, 0) is 6.42 Å². The minimum Gasteiger partial charge on any atom is -0.313 e. The molecule has 1 aromatic carbocycles. The van der Waals surface area contributed by atoms with Gasteiger partial charge >= 0.3 is 0 Å². The molecule has 3 heteroatoms. The van der Waals surface area contributed by atoms with Gasteiger partial charge in [0.05, 0.1) is 5.52 Å². The molecule has 0 saturated heterocycles. The summed E-state index contributed by atoms with van der Waals surface area (Å²) in [6.45, 7) is 0. The zero-order chi connectivity index (χ0) is 13.8. The monoisotopic (exact) mass is 263 g/mol. The lowest BCUT2D eigenvalue weighted by atomic mass is 9.97. The van der Waals surface area contributed by atoms with Crippen LogP contribution in [0.1, 0.15) is 17.2 Å². The van der Waals surface area contributed by atoms with Crippen molar-refractivity contribution in [1.29, 1.82) is 0 Å². The second-order valence-electron chi connectivity index (χ2n) is 4.82. The molecule has 3 rings (SSSR count). The van der Waals surface area contributed by atoms with E-state index in [0.29, 0.717) is 0 Å². The fourth-order valence-electron chi connectivity index (χ4n) is 2.54. The molecule has 0 aliphatic rings. The molecule has 2 aromatic heterocycles. The topological polar surface area (TPSA) is 37.8 Å². The molecule has 20 heavy (non-hydrogen) atoms. The van der Waals surface area contributed by atoms with Crippen molar-refractivity contribution in [1.82, 2.24) is 15.3 Å². The average molecular weight is 263 g/mol. The smallest absolute Gasteiger partial charge is 0.0705 e. The molecular weight excluding hydrogens is 246 g/mol. The first-order valence-electron chi connectivity index (χ1n) is 6.78. The Labute approximate surface area is 118 Å². The molecule has 1 unspecified atom stereocenters. The van der Waals surface area contributed by atoms with Crippen LogP contribution in [0.5, 0.6) is 0 Å². The molecule has 1 atom stereocenters. The number of para-hydroxylation sites is 1. The van der Waals surface area contributed by atoms with Gasteiger partial charge in [0.25, 0.3) is 0 Å². The first-order chi connectivity index (χ1) is 9.88. The summed E-state index contributed by atoms with van der Waals surface area (Å²) < 4.78 is 0. The van der Waals surface area contributed by atoms with Gasteiger partial charge in [-0.2, -0.15) is 0 Å². The number of aromatic nitrogens is 2. The Hall–Kier alpha value is -2.26. The summed E-state index contributed by atoms with van der Waals surface area (Å²) in [5, 5.41) is 4.62. The zero-order valence-corrected chi connectivity index (χ0v) is 11.5. The molecule has 0 aliphatic carbocycles. The number of hydrogen-bond acceptors (Lipinski definition) is 3. The van der Waals surface area contributed by atoms with Crippen LogP contribution in [0.3, 0.4) is 0 Å². The van der Waals surface area contributed by atoms with Crippen LogP contribution in [-0.4, -0.2) is 17.0 Å². The van der Waals surface area contributed by atoms with E-state index in [1.54, 1.807) is 0 Å². The van der Waals surface area contributed by atoms with Crippen molar-refractivity contribution in [2.45, 2.75) is 12.5 Å². The van der Waals surface area contributed by atoms with Crippen molar-refractivity contribution in [3.63, 3.8) is 0 Å². The Morgan fingerprint density at radius 1 is 1.00 bits per heavy atom. The van der Waals surface area contributed by atoms with Crippen LogP contribution in [0.15, 0.2) is 61.1 Å². The summed E-state index contributed by atoms with van der Waals surface area (Å²) in [6, 6.07) is 14.8. The Morgan fingerprint density at radius 3 is 2.60 bits per heavy atom. The molecule has 2 heterocycles. The minimum absolute atomic E-state index is 0.269. The fourth-order valence-corrected chi connectivity index (χ4v) is 2.54. The predicted octanol–water partition coefficient (Wildman–Crippen LogP) is 3.13. The van der Waals surface area contributed by atoms with Crippen LogP contribution in [0, 0.1) is 0 Å². The lowest BCUT2D eigenvalue weighted by Gasteiger charge is -2.18. The molecule has 0 radical (unpaired) electrons. The number of fused-ring (bicyclic) bond motifs is 1. The van der Waals surface area contributed by atoms with Crippen molar-refractivity contribution in [3.8, 4) is 0 Å². The largest absolute Gasteiger partial charge is 0.313 e. The molecule has 0 spiro atoms. The Kier molecular flexibility index (Phi) is 3.70. The van der Waals surface area contributed by atoms with Gasteiger partial charge in [0.2, 0.25) is 0 Å². The van der Waals surface area contributed by atoms with Gasteiger partial charge in [0, 0.05) is 30.0 Å². The third-order valence-electron chi connectivity index (χ3n) is 3.60. The van der Waals surface area contributed by atoms with Crippen molar-refractivity contribution < 1.29 is 0 Å². The zero-order valence-electron chi connectivity index (χ0n) is 11.5. The minimum atomic E-state index is 0.269. The van der Waals surface area contributed by atoms with Crippen molar-refractivity contribution in [2.75, 3.05) is 7.05 Å². The maximum absolute atomic E-state index is 4.43. The molecule has 0 amide bonds. The Morgan fingerprint density at radius 2 is 1.80 bits per heavy atom. The molecule has 3 nitrogen and oxygen atoms in total. The van der Waals surface area contributed by atoms with E-state index in [-0.39, 0.29) is 6.04 Å².